The van der Waals surface area contributed by atoms with Gasteiger partial charge in [-0.1, -0.05) is 29.8 Å². The van der Waals surface area contributed by atoms with E-state index in [4.69, 9.17) is 5.73 Å². The normalized spacial score (nSPS) is 18.6. The highest BCUT2D eigenvalue weighted by Crippen LogP contribution is 2.27. The van der Waals surface area contributed by atoms with Crippen molar-refractivity contribution in [3.63, 3.8) is 0 Å². The third kappa shape index (κ3) is 3.73. The van der Waals surface area contributed by atoms with Crippen LogP contribution in [0.15, 0.2) is 24.3 Å². The molecule has 3 N–H and O–H groups in total. The highest BCUT2D eigenvalue weighted by molar-refractivity contribution is 5.83. The minimum Gasteiger partial charge on any atom is -0.352 e. The van der Waals surface area contributed by atoms with Crippen molar-refractivity contribution in [2.24, 2.45) is 5.73 Å². The van der Waals surface area contributed by atoms with E-state index in [1.165, 1.54) is 11.1 Å². The van der Waals surface area contributed by atoms with Crippen molar-refractivity contribution >= 4 is 11.9 Å². The van der Waals surface area contributed by atoms with Crippen molar-refractivity contribution in [1.82, 2.24) is 10.2 Å². The summed E-state index contributed by atoms with van der Waals surface area (Å²) in [7, 11) is 0. The molecule has 1 heterocycles. The third-order valence-electron chi connectivity index (χ3n) is 3.70. The van der Waals surface area contributed by atoms with Crippen molar-refractivity contribution in [3.05, 3.63) is 35.4 Å². The molecular weight excluding hydrogens is 254 g/mol. The minimum absolute atomic E-state index is 0.0180. The van der Waals surface area contributed by atoms with Gasteiger partial charge >= 0.3 is 6.03 Å². The van der Waals surface area contributed by atoms with Crippen LogP contribution in [0.25, 0.3) is 0 Å². The van der Waals surface area contributed by atoms with Crippen LogP contribution in [-0.2, 0) is 4.79 Å². The number of hydrogen-bond donors (Lipinski definition) is 2. The number of carbonyl (C=O) groups excluding carboxylic acids is 2. The lowest BCUT2D eigenvalue weighted by molar-refractivity contribution is -0.131. The van der Waals surface area contributed by atoms with Gasteiger partial charge in [0.15, 0.2) is 0 Å². The second kappa shape index (κ2) is 6.41. The van der Waals surface area contributed by atoms with Crippen LogP contribution >= 0.6 is 0 Å². The summed E-state index contributed by atoms with van der Waals surface area (Å²) in [5.74, 6) is 0.308. The maximum atomic E-state index is 12.0. The smallest absolute Gasteiger partial charge is 0.312 e. The molecule has 0 aromatic heterocycles. The summed E-state index contributed by atoms with van der Waals surface area (Å²) in [6, 6.07) is 7.77. The van der Waals surface area contributed by atoms with Crippen LogP contribution < -0.4 is 11.1 Å². The molecule has 1 aromatic rings. The Morgan fingerprint density at radius 1 is 1.45 bits per heavy atom. The van der Waals surface area contributed by atoms with Crippen LogP contribution in [-0.4, -0.2) is 36.5 Å². The fourth-order valence-electron chi connectivity index (χ4n) is 2.67. The number of nitrogens with one attached hydrogen (secondary N) is 1. The maximum absolute atomic E-state index is 12.0. The number of rotatable bonds is 3. The minimum atomic E-state index is -0.661. The number of carbonyl (C=O) groups is 2. The predicted octanol–water partition coefficient (Wildman–Crippen LogP) is 1.37. The molecule has 0 aliphatic carbocycles. The molecule has 108 valence electrons. The molecule has 2 rings (SSSR count). The Hall–Kier alpha value is -2.04. The van der Waals surface area contributed by atoms with E-state index in [1.54, 1.807) is 0 Å². The molecule has 0 radical (unpaired) electrons. The Morgan fingerprint density at radius 3 is 2.95 bits per heavy atom. The number of nitrogens with two attached hydrogens (primary N) is 1. The van der Waals surface area contributed by atoms with Gasteiger partial charge in [-0.3, -0.25) is 4.79 Å². The zero-order valence-electron chi connectivity index (χ0n) is 11.8. The quantitative estimate of drug-likeness (QED) is 0.874. The van der Waals surface area contributed by atoms with Gasteiger partial charge in [-0.2, -0.15) is 0 Å². The molecule has 1 aromatic carbocycles. The summed E-state index contributed by atoms with van der Waals surface area (Å²) in [5.41, 5.74) is 7.50. The maximum Gasteiger partial charge on any atom is 0.312 e. The molecule has 3 amide bonds. The number of hydrogen-bond acceptors (Lipinski definition) is 2. The van der Waals surface area contributed by atoms with Gasteiger partial charge in [-0.05, 0) is 25.3 Å². The van der Waals surface area contributed by atoms with Gasteiger partial charge in [0.2, 0.25) is 5.91 Å². The van der Waals surface area contributed by atoms with Crippen LogP contribution in [0.3, 0.4) is 0 Å². The monoisotopic (exact) mass is 275 g/mol. The van der Waals surface area contributed by atoms with Crippen LogP contribution in [0.2, 0.25) is 0 Å². The van der Waals surface area contributed by atoms with Crippen LogP contribution in [0.1, 0.15) is 29.9 Å². The lowest BCUT2D eigenvalue weighted by atomic mass is 9.90. The van der Waals surface area contributed by atoms with E-state index < -0.39 is 6.03 Å². The first-order chi connectivity index (χ1) is 9.56. The van der Waals surface area contributed by atoms with E-state index in [-0.39, 0.29) is 12.5 Å². The van der Waals surface area contributed by atoms with Gasteiger partial charge in [-0.15, -0.1) is 0 Å². The van der Waals surface area contributed by atoms with Crippen molar-refractivity contribution < 1.29 is 9.59 Å². The standard InChI is InChI=1S/C15H21N3O2/c1-11-4-2-5-12(8-11)13-6-3-7-18(10-13)14(19)9-17-15(16)20/h2,4-5,8,13H,3,6-7,9-10H2,1H3,(H3,16,17,20)/t13-/m1/s1. The van der Waals surface area contributed by atoms with E-state index in [0.717, 1.165) is 19.4 Å². The fraction of sp³-hybridized carbons (Fsp3) is 0.467. The summed E-state index contributed by atoms with van der Waals surface area (Å²) in [4.78, 5) is 24.5. The van der Waals surface area contributed by atoms with E-state index in [2.05, 4.69) is 36.5 Å². The Morgan fingerprint density at radius 2 is 2.25 bits per heavy atom. The summed E-state index contributed by atoms with van der Waals surface area (Å²) < 4.78 is 0. The van der Waals surface area contributed by atoms with E-state index >= 15 is 0 Å². The first-order valence-electron chi connectivity index (χ1n) is 6.94. The number of urea groups is 1. The molecule has 1 saturated heterocycles. The third-order valence-corrected chi connectivity index (χ3v) is 3.70. The molecule has 0 spiro atoms. The molecule has 0 saturated carbocycles. The van der Waals surface area contributed by atoms with Crippen LogP contribution in [0.4, 0.5) is 4.79 Å². The van der Waals surface area contributed by atoms with Crippen molar-refractivity contribution in [2.45, 2.75) is 25.7 Å². The largest absolute Gasteiger partial charge is 0.352 e. The Bertz CT molecular complexity index is 502. The fourth-order valence-corrected chi connectivity index (χ4v) is 2.67. The average Bonchev–Trinajstić information content (AvgIpc) is 2.45. The van der Waals surface area contributed by atoms with Gasteiger partial charge in [0.1, 0.15) is 0 Å². The average molecular weight is 275 g/mol. The van der Waals surface area contributed by atoms with Crippen molar-refractivity contribution in [1.29, 1.82) is 0 Å². The number of aryl methyl sites for hydroxylation is 1. The zero-order chi connectivity index (χ0) is 14.5. The number of likely N-dealkylation sites (tertiary alicyclic amines) is 1. The van der Waals surface area contributed by atoms with Gasteiger partial charge in [-0.25, -0.2) is 4.79 Å². The van der Waals surface area contributed by atoms with Crippen LogP contribution in [0.5, 0.6) is 0 Å². The second-order valence-corrected chi connectivity index (χ2v) is 5.31. The van der Waals surface area contributed by atoms with Crippen molar-refractivity contribution in [2.75, 3.05) is 19.6 Å². The number of piperidine rings is 1. The molecule has 1 aliphatic rings. The number of primary amides is 1. The van der Waals surface area contributed by atoms with Crippen molar-refractivity contribution in [3.8, 4) is 0 Å². The predicted molar refractivity (Wildman–Crippen MR) is 77.3 cm³/mol. The molecule has 0 unspecified atom stereocenters. The first-order valence-corrected chi connectivity index (χ1v) is 6.94. The van der Waals surface area contributed by atoms with Crippen LogP contribution in [0, 0.1) is 6.92 Å². The highest BCUT2D eigenvalue weighted by Gasteiger charge is 2.24. The van der Waals surface area contributed by atoms with E-state index in [9.17, 15) is 9.59 Å². The number of amides is 3. The SMILES string of the molecule is Cc1cccc([C@@H]2CCCN(C(=O)CNC(N)=O)C2)c1. The highest BCUT2D eigenvalue weighted by atomic mass is 16.2. The summed E-state index contributed by atoms with van der Waals surface area (Å²) in [6.45, 7) is 3.52. The lowest BCUT2D eigenvalue weighted by Crippen LogP contribution is -2.45. The molecule has 0 bridgehead atoms. The number of benzene rings is 1. The first kappa shape index (κ1) is 14.4. The molecular formula is C15H21N3O2. The molecule has 1 aliphatic heterocycles. The molecule has 20 heavy (non-hydrogen) atoms. The molecule has 1 atom stereocenters. The summed E-state index contributed by atoms with van der Waals surface area (Å²) >= 11 is 0. The molecule has 5 nitrogen and oxygen atoms in total. The van der Waals surface area contributed by atoms with Gasteiger partial charge in [0.05, 0.1) is 6.54 Å². The van der Waals surface area contributed by atoms with E-state index in [0.29, 0.717) is 12.5 Å². The Balaban J connectivity index is 1.98. The Labute approximate surface area is 119 Å². The van der Waals surface area contributed by atoms with Gasteiger partial charge in [0, 0.05) is 19.0 Å². The second-order valence-electron chi connectivity index (χ2n) is 5.31. The Kier molecular flexibility index (Phi) is 4.61. The molecule has 5 heteroatoms. The summed E-state index contributed by atoms with van der Waals surface area (Å²) in [5, 5.41) is 2.35. The zero-order valence-corrected chi connectivity index (χ0v) is 11.8. The molecule has 1 fully saturated rings. The lowest BCUT2D eigenvalue weighted by Gasteiger charge is -2.33. The van der Waals surface area contributed by atoms with Gasteiger partial charge in [0.25, 0.3) is 0 Å². The van der Waals surface area contributed by atoms with E-state index in [1.807, 2.05) is 4.90 Å². The number of nitrogens with zero attached hydrogens (tertiary/aromatic N) is 1. The topological polar surface area (TPSA) is 75.4 Å². The summed E-state index contributed by atoms with van der Waals surface area (Å²) in [6.07, 6.45) is 2.08. The van der Waals surface area contributed by atoms with Gasteiger partial charge < -0.3 is 16.0 Å².